The zero-order valence-corrected chi connectivity index (χ0v) is 10.2. The molecule has 2 rings (SSSR count). The van der Waals surface area contributed by atoms with Gasteiger partial charge in [0.05, 0.1) is 0 Å². The molecule has 1 aliphatic carbocycles. The van der Waals surface area contributed by atoms with Gasteiger partial charge in [-0.05, 0) is 36.1 Å². The van der Waals surface area contributed by atoms with Crippen molar-refractivity contribution in [2.45, 2.75) is 39.2 Å². The third kappa shape index (κ3) is 2.73. The first-order valence-electron chi connectivity index (χ1n) is 5.78. The molecule has 0 radical (unpaired) electrons. The summed E-state index contributed by atoms with van der Waals surface area (Å²) in [4.78, 5) is 1.28. The highest BCUT2D eigenvalue weighted by Crippen LogP contribution is 2.48. The molecule has 0 aliphatic heterocycles. The van der Waals surface area contributed by atoms with Crippen LogP contribution in [0.15, 0.2) is 11.4 Å². The molecule has 1 aliphatic rings. The Morgan fingerprint density at radius 1 is 1.53 bits per heavy atom. The van der Waals surface area contributed by atoms with Gasteiger partial charge in [0.2, 0.25) is 0 Å². The van der Waals surface area contributed by atoms with Crippen LogP contribution >= 0.6 is 11.3 Å². The zero-order valence-electron chi connectivity index (χ0n) is 9.38. The maximum absolute atomic E-state index is 5.84. The molecule has 0 amide bonds. The summed E-state index contributed by atoms with van der Waals surface area (Å²) in [6, 6.07) is 1.99. The SMILES string of the molecule is CCCC1(CNCc2sccc2N)CC1. The molecule has 84 valence electrons. The fraction of sp³-hybridized carbons (Fsp3) is 0.667. The molecule has 0 aromatic carbocycles. The van der Waals surface area contributed by atoms with Crippen LogP contribution in [0.3, 0.4) is 0 Å². The van der Waals surface area contributed by atoms with Gasteiger partial charge < -0.3 is 11.1 Å². The molecule has 0 bridgehead atoms. The summed E-state index contributed by atoms with van der Waals surface area (Å²) in [5.74, 6) is 0. The largest absolute Gasteiger partial charge is 0.398 e. The van der Waals surface area contributed by atoms with E-state index >= 15 is 0 Å². The molecule has 1 heterocycles. The van der Waals surface area contributed by atoms with Crippen molar-refractivity contribution in [3.63, 3.8) is 0 Å². The Morgan fingerprint density at radius 3 is 2.87 bits per heavy atom. The number of nitrogen functional groups attached to an aromatic ring is 1. The maximum atomic E-state index is 5.84. The van der Waals surface area contributed by atoms with E-state index in [0.717, 1.165) is 18.8 Å². The number of anilines is 1. The monoisotopic (exact) mass is 224 g/mol. The molecule has 1 fully saturated rings. The van der Waals surface area contributed by atoms with Gasteiger partial charge in [0.25, 0.3) is 0 Å². The van der Waals surface area contributed by atoms with Crippen LogP contribution in [0, 0.1) is 5.41 Å². The minimum atomic E-state index is 0.640. The quantitative estimate of drug-likeness (QED) is 0.779. The van der Waals surface area contributed by atoms with Crippen LogP contribution in [-0.2, 0) is 6.54 Å². The second kappa shape index (κ2) is 4.54. The van der Waals surface area contributed by atoms with E-state index in [1.54, 1.807) is 11.3 Å². The van der Waals surface area contributed by atoms with E-state index in [2.05, 4.69) is 17.6 Å². The topological polar surface area (TPSA) is 38.0 Å². The summed E-state index contributed by atoms with van der Waals surface area (Å²) in [6.07, 6.45) is 5.50. The fourth-order valence-corrected chi connectivity index (χ4v) is 2.93. The Kier molecular flexibility index (Phi) is 3.32. The van der Waals surface area contributed by atoms with Gasteiger partial charge >= 0.3 is 0 Å². The molecule has 0 spiro atoms. The summed E-state index contributed by atoms with van der Waals surface area (Å²) in [5.41, 5.74) is 7.41. The fourth-order valence-electron chi connectivity index (χ4n) is 2.16. The van der Waals surface area contributed by atoms with Crippen LogP contribution in [0.5, 0.6) is 0 Å². The van der Waals surface area contributed by atoms with Crippen molar-refractivity contribution in [3.8, 4) is 0 Å². The van der Waals surface area contributed by atoms with Crippen LogP contribution in [0.1, 0.15) is 37.5 Å². The van der Waals surface area contributed by atoms with Gasteiger partial charge in [-0.1, -0.05) is 13.3 Å². The third-order valence-corrected chi connectivity index (χ3v) is 4.24. The van der Waals surface area contributed by atoms with E-state index in [0.29, 0.717) is 5.41 Å². The molecule has 2 nitrogen and oxygen atoms in total. The first-order valence-corrected chi connectivity index (χ1v) is 6.66. The molecule has 0 saturated heterocycles. The van der Waals surface area contributed by atoms with E-state index in [1.165, 1.54) is 30.6 Å². The summed E-state index contributed by atoms with van der Waals surface area (Å²) in [6.45, 7) is 4.38. The van der Waals surface area contributed by atoms with Crippen molar-refractivity contribution in [3.05, 3.63) is 16.3 Å². The highest BCUT2D eigenvalue weighted by molar-refractivity contribution is 7.10. The lowest BCUT2D eigenvalue weighted by Crippen LogP contribution is -2.23. The minimum Gasteiger partial charge on any atom is -0.398 e. The van der Waals surface area contributed by atoms with E-state index in [4.69, 9.17) is 5.73 Å². The van der Waals surface area contributed by atoms with Crippen LogP contribution < -0.4 is 11.1 Å². The lowest BCUT2D eigenvalue weighted by molar-refractivity contribution is 0.422. The van der Waals surface area contributed by atoms with Crippen molar-refractivity contribution in [1.29, 1.82) is 0 Å². The molecule has 1 aromatic heterocycles. The predicted molar refractivity (Wildman–Crippen MR) is 67.0 cm³/mol. The normalized spacial score (nSPS) is 17.9. The van der Waals surface area contributed by atoms with Crippen molar-refractivity contribution in [2.75, 3.05) is 12.3 Å². The molecule has 3 N–H and O–H groups in total. The van der Waals surface area contributed by atoms with E-state index in [9.17, 15) is 0 Å². The van der Waals surface area contributed by atoms with E-state index in [1.807, 2.05) is 6.07 Å². The zero-order chi connectivity index (χ0) is 10.7. The van der Waals surface area contributed by atoms with Gasteiger partial charge in [0.15, 0.2) is 0 Å². The van der Waals surface area contributed by atoms with Gasteiger partial charge in [-0.2, -0.15) is 0 Å². The van der Waals surface area contributed by atoms with Crippen molar-refractivity contribution in [1.82, 2.24) is 5.32 Å². The smallest absolute Gasteiger partial charge is 0.0468 e. The molecule has 0 atom stereocenters. The maximum Gasteiger partial charge on any atom is 0.0468 e. The van der Waals surface area contributed by atoms with Crippen LogP contribution in [0.4, 0.5) is 5.69 Å². The number of hydrogen-bond acceptors (Lipinski definition) is 3. The van der Waals surface area contributed by atoms with Gasteiger partial charge in [-0.25, -0.2) is 0 Å². The Balaban J connectivity index is 1.73. The first kappa shape index (κ1) is 11.0. The average Bonchev–Trinajstić information content (AvgIpc) is 2.85. The number of nitrogens with two attached hydrogens (primary N) is 1. The predicted octanol–water partition coefficient (Wildman–Crippen LogP) is 3.00. The molecule has 0 unspecified atom stereocenters. The minimum absolute atomic E-state index is 0.640. The Labute approximate surface area is 95.9 Å². The van der Waals surface area contributed by atoms with Gasteiger partial charge in [-0.15, -0.1) is 11.3 Å². The molecular formula is C12H20N2S. The number of rotatable bonds is 6. The second-order valence-corrected chi connectivity index (χ2v) is 5.65. The van der Waals surface area contributed by atoms with Crippen LogP contribution in [-0.4, -0.2) is 6.54 Å². The van der Waals surface area contributed by atoms with Gasteiger partial charge in [0, 0.05) is 23.7 Å². The van der Waals surface area contributed by atoms with E-state index in [-0.39, 0.29) is 0 Å². The number of nitrogens with one attached hydrogen (secondary N) is 1. The van der Waals surface area contributed by atoms with Crippen LogP contribution in [0.2, 0.25) is 0 Å². The van der Waals surface area contributed by atoms with Crippen molar-refractivity contribution in [2.24, 2.45) is 5.41 Å². The number of thiophene rings is 1. The standard InChI is InChI=1S/C12H20N2S/c1-2-4-12(5-6-12)9-14-8-11-10(13)3-7-15-11/h3,7,14H,2,4-6,8-9,13H2,1H3. The molecule has 1 aromatic rings. The highest BCUT2D eigenvalue weighted by Gasteiger charge is 2.40. The first-order chi connectivity index (χ1) is 7.26. The number of hydrogen-bond donors (Lipinski definition) is 2. The summed E-state index contributed by atoms with van der Waals surface area (Å²) in [7, 11) is 0. The second-order valence-electron chi connectivity index (χ2n) is 4.65. The van der Waals surface area contributed by atoms with Gasteiger partial charge in [-0.3, -0.25) is 0 Å². The lowest BCUT2D eigenvalue weighted by atomic mass is 10.0. The van der Waals surface area contributed by atoms with Gasteiger partial charge in [0.1, 0.15) is 0 Å². The van der Waals surface area contributed by atoms with Crippen molar-refractivity contribution < 1.29 is 0 Å². The van der Waals surface area contributed by atoms with E-state index < -0.39 is 0 Å². The molecular weight excluding hydrogens is 204 g/mol. The Bertz CT molecular complexity index is 315. The molecule has 3 heteroatoms. The molecule has 1 saturated carbocycles. The Hall–Kier alpha value is -0.540. The van der Waals surface area contributed by atoms with Crippen LogP contribution in [0.25, 0.3) is 0 Å². The molecule has 15 heavy (non-hydrogen) atoms. The lowest BCUT2D eigenvalue weighted by Gasteiger charge is -2.14. The average molecular weight is 224 g/mol. The third-order valence-electron chi connectivity index (χ3n) is 3.30. The summed E-state index contributed by atoms with van der Waals surface area (Å²) < 4.78 is 0. The summed E-state index contributed by atoms with van der Waals surface area (Å²) >= 11 is 1.75. The summed E-state index contributed by atoms with van der Waals surface area (Å²) in [5, 5.41) is 5.61. The highest BCUT2D eigenvalue weighted by atomic mass is 32.1. The van der Waals surface area contributed by atoms with Crippen molar-refractivity contribution >= 4 is 17.0 Å². The Morgan fingerprint density at radius 2 is 2.33 bits per heavy atom.